The van der Waals surface area contributed by atoms with E-state index in [1.165, 1.54) is 0 Å². The van der Waals surface area contributed by atoms with E-state index in [1.807, 2.05) is 45.0 Å². The molecule has 17 heavy (non-hydrogen) atoms. The van der Waals surface area contributed by atoms with Crippen molar-refractivity contribution in [1.29, 1.82) is 0 Å². The van der Waals surface area contributed by atoms with Crippen LogP contribution < -0.4 is 0 Å². The number of hydrogen-bond acceptors (Lipinski definition) is 2. The summed E-state index contributed by atoms with van der Waals surface area (Å²) in [5.41, 5.74) is 1.42. The molecule has 0 radical (unpaired) electrons. The van der Waals surface area contributed by atoms with Crippen LogP contribution in [-0.4, -0.2) is 11.6 Å². The number of benzene rings is 1. The summed E-state index contributed by atoms with van der Waals surface area (Å²) in [5, 5.41) is 0. The third kappa shape index (κ3) is 5.21. The second-order valence-electron chi connectivity index (χ2n) is 4.84. The normalized spacial score (nSPS) is 10.4. The molecule has 1 aromatic rings. The van der Waals surface area contributed by atoms with Crippen LogP contribution in [0, 0.1) is 11.8 Å². The van der Waals surface area contributed by atoms with Crippen LogP contribution in [0.2, 0.25) is 0 Å². The molecule has 0 atom stereocenters. The molecule has 0 unspecified atom stereocenters. The van der Waals surface area contributed by atoms with Crippen molar-refractivity contribution in [2.45, 2.75) is 39.7 Å². The molecule has 0 spiro atoms. The number of rotatable bonds is 2. The highest BCUT2D eigenvalue weighted by molar-refractivity contribution is 5.73. The Bertz CT molecular complexity index is 456. The Morgan fingerprint density at radius 3 is 2.65 bits per heavy atom. The van der Waals surface area contributed by atoms with Gasteiger partial charge in [0.2, 0.25) is 0 Å². The maximum Gasteiger partial charge on any atom is 0.310 e. The van der Waals surface area contributed by atoms with Gasteiger partial charge in [-0.25, -0.2) is 0 Å². The van der Waals surface area contributed by atoms with Gasteiger partial charge in [-0.15, -0.1) is 5.92 Å². The third-order valence-corrected chi connectivity index (χ3v) is 1.96. The quantitative estimate of drug-likeness (QED) is 0.577. The molecule has 0 N–H and O–H groups in total. The Hall–Kier alpha value is -1.75. The van der Waals surface area contributed by atoms with Gasteiger partial charge in [0, 0.05) is 5.56 Å². The minimum Gasteiger partial charge on any atom is -0.460 e. The van der Waals surface area contributed by atoms with E-state index < -0.39 is 5.60 Å². The summed E-state index contributed by atoms with van der Waals surface area (Å²) in [6.07, 6.45) is 0.288. The van der Waals surface area contributed by atoms with Gasteiger partial charge < -0.3 is 4.74 Å². The summed E-state index contributed by atoms with van der Waals surface area (Å²) in [5.74, 6) is 5.59. The van der Waals surface area contributed by atoms with Gasteiger partial charge in [0.25, 0.3) is 0 Å². The number of carbonyl (C=O) groups is 1. The van der Waals surface area contributed by atoms with E-state index in [0.717, 1.165) is 11.1 Å². The Morgan fingerprint density at radius 2 is 2.06 bits per heavy atom. The van der Waals surface area contributed by atoms with Crippen molar-refractivity contribution < 1.29 is 9.53 Å². The number of esters is 1. The molecule has 2 heteroatoms. The van der Waals surface area contributed by atoms with Crippen LogP contribution in [0.5, 0.6) is 0 Å². The molecule has 0 bridgehead atoms. The van der Waals surface area contributed by atoms with Crippen molar-refractivity contribution in [3.05, 3.63) is 35.4 Å². The molecule has 0 fully saturated rings. The first-order chi connectivity index (χ1) is 7.90. The Labute approximate surface area is 103 Å². The van der Waals surface area contributed by atoms with Gasteiger partial charge in [0.05, 0.1) is 6.42 Å². The fraction of sp³-hybridized carbons (Fsp3) is 0.400. The largest absolute Gasteiger partial charge is 0.460 e. The molecule has 0 heterocycles. The van der Waals surface area contributed by atoms with Crippen LogP contribution in [-0.2, 0) is 16.0 Å². The maximum absolute atomic E-state index is 11.6. The Kier molecular flexibility index (Phi) is 4.34. The zero-order chi connectivity index (χ0) is 12.9. The molecule has 0 aromatic heterocycles. The van der Waals surface area contributed by atoms with E-state index in [1.54, 1.807) is 6.92 Å². The highest BCUT2D eigenvalue weighted by atomic mass is 16.6. The van der Waals surface area contributed by atoms with Gasteiger partial charge in [-0.05, 0) is 45.4 Å². The average Bonchev–Trinajstić information content (AvgIpc) is 2.15. The highest BCUT2D eigenvalue weighted by Gasteiger charge is 2.16. The lowest BCUT2D eigenvalue weighted by atomic mass is 10.1. The van der Waals surface area contributed by atoms with Crippen LogP contribution >= 0.6 is 0 Å². The van der Waals surface area contributed by atoms with Crippen LogP contribution in [0.1, 0.15) is 38.8 Å². The van der Waals surface area contributed by atoms with E-state index >= 15 is 0 Å². The lowest BCUT2D eigenvalue weighted by Crippen LogP contribution is -2.24. The lowest BCUT2D eigenvalue weighted by molar-refractivity contribution is -0.153. The van der Waals surface area contributed by atoms with E-state index in [9.17, 15) is 4.79 Å². The maximum atomic E-state index is 11.6. The monoisotopic (exact) mass is 230 g/mol. The zero-order valence-electron chi connectivity index (χ0n) is 10.8. The summed E-state index contributed by atoms with van der Waals surface area (Å²) in [7, 11) is 0. The predicted octanol–water partition coefficient (Wildman–Crippen LogP) is 2.94. The van der Waals surface area contributed by atoms with E-state index in [2.05, 4.69) is 11.8 Å². The van der Waals surface area contributed by atoms with Crippen LogP contribution in [0.4, 0.5) is 0 Å². The van der Waals surface area contributed by atoms with Crippen molar-refractivity contribution >= 4 is 5.97 Å². The molecule has 1 rings (SSSR count). The first-order valence-corrected chi connectivity index (χ1v) is 5.64. The Morgan fingerprint density at radius 1 is 1.35 bits per heavy atom. The molecular formula is C15H18O2. The lowest BCUT2D eigenvalue weighted by Gasteiger charge is -2.19. The number of carbonyl (C=O) groups excluding carboxylic acids is 1. The molecular weight excluding hydrogens is 212 g/mol. The van der Waals surface area contributed by atoms with Gasteiger partial charge in [0.1, 0.15) is 5.60 Å². The summed E-state index contributed by atoms with van der Waals surface area (Å²) in [4.78, 5) is 11.6. The summed E-state index contributed by atoms with van der Waals surface area (Å²) >= 11 is 0. The van der Waals surface area contributed by atoms with Crippen molar-refractivity contribution in [1.82, 2.24) is 0 Å². The van der Waals surface area contributed by atoms with E-state index in [-0.39, 0.29) is 12.4 Å². The average molecular weight is 230 g/mol. The second-order valence-corrected chi connectivity index (χ2v) is 4.84. The van der Waals surface area contributed by atoms with Crippen LogP contribution in [0.15, 0.2) is 24.3 Å². The van der Waals surface area contributed by atoms with Crippen molar-refractivity contribution in [2.75, 3.05) is 0 Å². The van der Waals surface area contributed by atoms with Gasteiger partial charge in [0.15, 0.2) is 0 Å². The van der Waals surface area contributed by atoms with Gasteiger partial charge >= 0.3 is 5.97 Å². The van der Waals surface area contributed by atoms with Crippen molar-refractivity contribution in [3.63, 3.8) is 0 Å². The molecule has 0 saturated heterocycles. The van der Waals surface area contributed by atoms with Crippen LogP contribution in [0.3, 0.4) is 0 Å². The first-order valence-electron chi connectivity index (χ1n) is 5.64. The van der Waals surface area contributed by atoms with Crippen LogP contribution in [0.25, 0.3) is 0 Å². The second kappa shape index (κ2) is 5.54. The fourth-order valence-corrected chi connectivity index (χ4v) is 1.45. The third-order valence-electron chi connectivity index (χ3n) is 1.96. The van der Waals surface area contributed by atoms with Crippen molar-refractivity contribution in [3.8, 4) is 11.8 Å². The molecule has 0 saturated carbocycles. The zero-order valence-corrected chi connectivity index (χ0v) is 10.8. The highest BCUT2D eigenvalue weighted by Crippen LogP contribution is 2.11. The molecule has 0 amide bonds. The van der Waals surface area contributed by atoms with Gasteiger partial charge in [-0.3, -0.25) is 4.79 Å². The Balaban J connectivity index is 2.71. The first kappa shape index (κ1) is 13.3. The minimum absolute atomic E-state index is 0.209. The SMILES string of the molecule is CC#Cc1cccc(CC(=O)OC(C)(C)C)c1. The van der Waals surface area contributed by atoms with Gasteiger partial charge in [-0.1, -0.05) is 18.1 Å². The summed E-state index contributed by atoms with van der Waals surface area (Å²) < 4.78 is 5.27. The number of hydrogen-bond donors (Lipinski definition) is 0. The predicted molar refractivity (Wildman–Crippen MR) is 68.5 cm³/mol. The fourth-order valence-electron chi connectivity index (χ4n) is 1.45. The van der Waals surface area contributed by atoms with Crippen molar-refractivity contribution in [2.24, 2.45) is 0 Å². The topological polar surface area (TPSA) is 26.3 Å². The standard InChI is InChI=1S/C15H18O2/c1-5-7-12-8-6-9-13(10-12)11-14(16)17-15(2,3)4/h6,8-10H,11H2,1-4H3. The van der Waals surface area contributed by atoms with E-state index in [0.29, 0.717) is 0 Å². The molecule has 0 aliphatic rings. The number of ether oxygens (including phenoxy) is 1. The molecule has 1 aromatic carbocycles. The van der Waals surface area contributed by atoms with Gasteiger partial charge in [-0.2, -0.15) is 0 Å². The summed E-state index contributed by atoms with van der Waals surface area (Å²) in [6.45, 7) is 7.39. The molecule has 90 valence electrons. The minimum atomic E-state index is -0.433. The molecule has 2 nitrogen and oxygen atoms in total. The smallest absolute Gasteiger partial charge is 0.310 e. The molecule has 0 aliphatic heterocycles. The summed E-state index contributed by atoms with van der Waals surface area (Å²) in [6, 6.07) is 7.65. The molecule has 0 aliphatic carbocycles. The van der Waals surface area contributed by atoms with E-state index in [4.69, 9.17) is 4.74 Å².